The monoisotopic (exact) mass is 307 g/mol. The number of ether oxygens (including phenoxy) is 1. The molecule has 0 amide bonds. The maximum absolute atomic E-state index is 12.0. The molecule has 0 aliphatic rings. The molecule has 0 aliphatic carbocycles. The van der Waals surface area contributed by atoms with Crippen LogP contribution in [-0.2, 0) is 14.8 Å². The fourth-order valence-electron chi connectivity index (χ4n) is 1.32. The van der Waals surface area contributed by atoms with Crippen molar-refractivity contribution in [1.82, 2.24) is 4.72 Å². The Labute approximate surface area is 116 Å². The van der Waals surface area contributed by atoms with Gasteiger partial charge in [-0.25, -0.2) is 17.9 Å². The summed E-state index contributed by atoms with van der Waals surface area (Å²) in [6.07, 6.45) is 0. The Hall–Kier alpha value is -1.15. The van der Waals surface area contributed by atoms with Crippen LogP contribution >= 0.6 is 11.6 Å². The summed E-state index contributed by atoms with van der Waals surface area (Å²) in [6.45, 7) is 1.14. The lowest BCUT2D eigenvalue weighted by Gasteiger charge is -2.13. The molecule has 0 radical (unpaired) electrons. The fourth-order valence-corrected chi connectivity index (χ4v) is 3.08. The van der Waals surface area contributed by atoms with Crippen molar-refractivity contribution in [3.8, 4) is 0 Å². The fraction of sp³-hybridized carbons (Fsp3) is 0.364. The lowest BCUT2D eigenvalue weighted by atomic mass is 10.2. The minimum atomic E-state index is -3.92. The first-order valence-electron chi connectivity index (χ1n) is 5.33. The van der Waals surface area contributed by atoms with E-state index >= 15 is 0 Å². The van der Waals surface area contributed by atoms with Gasteiger partial charge in [-0.1, -0.05) is 11.6 Å². The highest BCUT2D eigenvalue weighted by Gasteiger charge is 2.22. The number of carbonyl (C=O) groups is 1. The first-order valence-corrected chi connectivity index (χ1v) is 7.19. The van der Waals surface area contributed by atoms with Gasteiger partial charge in [-0.05, 0) is 25.1 Å². The molecule has 0 aliphatic heterocycles. The normalized spacial score (nSPS) is 13.1. The van der Waals surface area contributed by atoms with Crippen LogP contribution < -0.4 is 4.72 Å². The first kappa shape index (κ1) is 15.9. The highest BCUT2D eigenvalue weighted by Crippen LogP contribution is 2.23. The number of carbonyl (C=O) groups excluding carboxylic acids is 1. The number of rotatable bonds is 5. The van der Waals surface area contributed by atoms with Crippen LogP contribution in [0, 0.1) is 0 Å². The van der Waals surface area contributed by atoms with Gasteiger partial charge in [-0.15, -0.1) is 0 Å². The van der Waals surface area contributed by atoms with Crippen molar-refractivity contribution in [2.24, 2.45) is 0 Å². The average molecular weight is 308 g/mol. The third kappa shape index (κ3) is 3.90. The second-order valence-electron chi connectivity index (χ2n) is 3.84. The Kier molecular flexibility index (Phi) is 5.30. The van der Waals surface area contributed by atoms with E-state index < -0.39 is 22.0 Å². The number of hydrogen-bond acceptors (Lipinski definition) is 5. The number of benzene rings is 1. The maximum Gasteiger partial charge on any atom is 0.337 e. The Morgan fingerprint density at radius 3 is 2.68 bits per heavy atom. The zero-order chi connectivity index (χ0) is 14.6. The Morgan fingerprint density at radius 1 is 1.53 bits per heavy atom. The number of sulfonamides is 1. The number of esters is 1. The molecule has 106 valence electrons. The van der Waals surface area contributed by atoms with Crippen LogP contribution in [-0.4, -0.2) is 39.3 Å². The Morgan fingerprint density at radius 2 is 2.16 bits per heavy atom. The summed E-state index contributed by atoms with van der Waals surface area (Å²) in [6, 6.07) is 3.12. The smallest absolute Gasteiger partial charge is 0.337 e. The number of aliphatic hydroxyl groups excluding tert-OH is 1. The van der Waals surface area contributed by atoms with Crippen LogP contribution in [0.5, 0.6) is 0 Å². The lowest BCUT2D eigenvalue weighted by Crippen LogP contribution is -2.35. The van der Waals surface area contributed by atoms with Gasteiger partial charge in [-0.2, -0.15) is 0 Å². The van der Waals surface area contributed by atoms with E-state index in [2.05, 4.69) is 9.46 Å². The second-order valence-corrected chi connectivity index (χ2v) is 5.93. The average Bonchev–Trinajstić information content (AvgIpc) is 2.37. The van der Waals surface area contributed by atoms with Crippen molar-refractivity contribution in [2.45, 2.75) is 17.9 Å². The van der Waals surface area contributed by atoms with Gasteiger partial charge in [0.25, 0.3) is 0 Å². The summed E-state index contributed by atoms with van der Waals surface area (Å²) in [7, 11) is -2.72. The molecule has 8 heteroatoms. The van der Waals surface area contributed by atoms with Crippen LogP contribution in [0.1, 0.15) is 17.3 Å². The highest BCUT2D eigenvalue weighted by molar-refractivity contribution is 7.89. The Bertz CT molecular complexity index is 572. The van der Waals surface area contributed by atoms with E-state index in [1.807, 2.05) is 0 Å². The molecule has 1 atom stereocenters. The van der Waals surface area contributed by atoms with Gasteiger partial charge in [0.1, 0.15) is 4.90 Å². The van der Waals surface area contributed by atoms with Crippen LogP contribution in [0.3, 0.4) is 0 Å². The number of methoxy groups -OCH3 is 1. The molecule has 0 heterocycles. The molecular formula is C11H14ClNO5S. The molecule has 1 rings (SSSR count). The minimum Gasteiger partial charge on any atom is -0.465 e. The predicted molar refractivity (Wildman–Crippen MR) is 69.7 cm³/mol. The summed E-state index contributed by atoms with van der Waals surface area (Å²) in [4.78, 5) is 11.1. The Balaban J connectivity index is 3.22. The summed E-state index contributed by atoms with van der Waals surface area (Å²) >= 11 is 5.82. The first-order chi connectivity index (χ1) is 8.81. The minimum absolute atomic E-state index is 0.0229. The van der Waals surface area contributed by atoms with Crippen LogP contribution in [0.15, 0.2) is 23.1 Å². The SMILES string of the molecule is COC(=O)c1ccc(Cl)c(S(=O)(=O)N[C@H](C)CO)c1. The van der Waals surface area contributed by atoms with Gasteiger partial charge in [0.15, 0.2) is 0 Å². The van der Waals surface area contributed by atoms with E-state index in [0.29, 0.717) is 0 Å². The molecule has 0 bridgehead atoms. The second kappa shape index (κ2) is 6.33. The number of aliphatic hydroxyl groups is 1. The van der Waals surface area contributed by atoms with E-state index in [0.717, 1.165) is 6.07 Å². The van der Waals surface area contributed by atoms with Crippen molar-refractivity contribution < 1.29 is 23.1 Å². The summed E-state index contributed by atoms with van der Waals surface area (Å²) in [5.41, 5.74) is 0.0731. The molecule has 1 aromatic rings. The van der Waals surface area contributed by atoms with Crippen LogP contribution in [0.25, 0.3) is 0 Å². The third-order valence-electron chi connectivity index (χ3n) is 2.27. The summed E-state index contributed by atoms with van der Waals surface area (Å²) in [5, 5.41) is 8.84. The molecular weight excluding hydrogens is 294 g/mol. The van der Waals surface area contributed by atoms with Gasteiger partial charge < -0.3 is 9.84 Å². The van der Waals surface area contributed by atoms with Gasteiger partial charge in [-0.3, -0.25) is 0 Å². The molecule has 0 aromatic heterocycles. The number of hydrogen-bond donors (Lipinski definition) is 2. The molecule has 0 saturated heterocycles. The predicted octanol–water partition coefficient (Wildman–Crippen LogP) is 0.786. The number of halogens is 1. The van der Waals surface area contributed by atoms with Crippen molar-refractivity contribution in [1.29, 1.82) is 0 Å². The summed E-state index contributed by atoms with van der Waals surface area (Å²) in [5.74, 6) is -0.664. The summed E-state index contributed by atoms with van der Waals surface area (Å²) < 4.78 is 30.8. The van der Waals surface area contributed by atoms with Crippen molar-refractivity contribution in [3.63, 3.8) is 0 Å². The largest absolute Gasteiger partial charge is 0.465 e. The molecule has 0 saturated carbocycles. The number of nitrogens with one attached hydrogen (secondary N) is 1. The lowest BCUT2D eigenvalue weighted by molar-refractivity contribution is 0.0600. The van der Waals surface area contributed by atoms with Crippen molar-refractivity contribution >= 4 is 27.6 Å². The van der Waals surface area contributed by atoms with Crippen LogP contribution in [0.4, 0.5) is 0 Å². The van der Waals surface area contributed by atoms with E-state index in [4.69, 9.17) is 16.7 Å². The molecule has 6 nitrogen and oxygen atoms in total. The van der Waals surface area contributed by atoms with Crippen molar-refractivity contribution in [2.75, 3.05) is 13.7 Å². The van der Waals surface area contributed by atoms with Crippen molar-refractivity contribution in [3.05, 3.63) is 28.8 Å². The topological polar surface area (TPSA) is 92.7 Å². The molecule has 0 fully saturated rings. The third-order valence-corrected chi connectivity index (χ3v) is 4.34. The van der Waals surface area contributed by atoms with E-state index in [1.165, 1.54) is 26.2 Å². The van der Waals surface area contributed by atoms with E-state index in [1.54, 1.807) is 0 Å². The van der Waals surface area contributed by atoms with Crippen LogP contribution in [0.2, 0.25) is 5.02 Å². The van der Waals surface area contributed by atoms with Gasteiger partial charge in [0.2, 0.25) is 10.0 Å². The maximum atomic E-state index is 12.0. The van der Waals surface area contributed by atoms with Gasteiger partial charge >= 0.3 is 5.97 Å². The molecule has 0 spiro atoms. The molecule has 2 N–H and O–H groups in total. The quantitative estimate of drug-likeness (QED) is 0.784. The van der Waals surface area contributed by atoms with Gasteiger partial charge in [0, 0.05) is 6.04 Å². The molecule has 1 aromatic carbocycles. The standard InChI is InChI=1S/C11H14ClNO5S/c1-7(6-14)13-19(16,17)10-5-8(11(15)18-2)3-4-9(10)12/h3-5,7,13-14H,6H2,1-2H3/t7-/m1/s1. The zero-order valence-corrected chi connectivity index (χ0v) is 12.0. The highest BCUT2D eigenvalue weighted by atomic mass is 35.5. The zero-order valence-electron chi connectivity index (χ0n) is 10.4. The molecule has 19 heavy (non-hydrogen) atoms. The van der Waals surface area contributed by atoms with E-state index in [-0.39, 0.29) is 22.1 Å². The molecule has 0 unspecified atom stereocenters. The van der Waals surface area contributed by atoms with E-state index in [9.17, 15) is 13.2 Å². The van der Waals surface area contributed by atoms with Gasteiger partial charge in [0.05, 0.1) is 24.3 Å².